The summed E-state index contributed by atoms with van der Waals surface area (Å²) in [5.74, 6) is -0.109. The number of alkyl halides is 1. The zero-order valence-electron chi connectivity index (χ0n) is 17.9. The highest BCUT2D eigenvalue weighted by molar-refractivity contribution is 6.01. The summed E-state index contributed by atoms with van der Waals surface area (Å²) in [4.78, 5) is 24.0. The van der Waals surface area contributed by atoms with Crippen molar-refractivity contribution >= 4 is 11.8 Å². The van der Waals surface area contributed by atoms with Gasteiger partial charge in [0.15, 0.2) is 5.78 Å². The van der Waals surface area contributed by atoms with Crippen LogP contribution < -0.4 is 0 Å². The number of aliphatic hydroxyl groups is 1. The van der Waals surface area contributed by atoms with E-state index >= 15 is 4.39 Å². The zero-order valence-corrected chi connectivity index (χ0v) is 17.9. The molecule has 0 bridgehead atoms. The first-order valence-electron chi connectivity index (χ1n) is 11.1. The van der Waals surface area contributed by atoms with Crippen molar-refractivity contribution < 1.29 is 23.8 Å². The van der Waals surface area contributed by atoms with E-state index in [-0.39, 0.29) is 46.9 Å². The number of aliphatic hydroxyl groups excluding tert-OH is 1. The summed E-state index contributed by atoms with van der Waals surface area (Å²) in [5.41, 5.74) is -0.429. The first kappa shape index (κ1) is 20.8. The van der Waals surface area contributed by atoms with Crippen molar-refractivity contribution in [3.8, 4) is 0 Å². The van der Waals surface area contributed by atoms with E-state index in [0.717, 1.165) is 12.8 Å². The third kappa shape index (κ3) is 2.87. The van der Waals surface area contributed by atoms with Crippen LogP contribution in [0.5, 0.6) is 0 Å². The van der Waals surface area contributed by atoms with E-state index in [1.54, 1.807) is 6.92 Å². The highest BCUT2D eigenvalue weighted by Gasteiger charge is 2.66. The maximum Gasteiger partial charge on any atom is 0.305 e. The molecular formula is C24H33FO4. The number of hydrogen-bond acceptors (Lipinski definition) is 4. The first-order valence-corrected chi connectivity index (χ1v) is 11.1. The van der Waals surface area contributed by atoms with Gasteiger partial charge in [-0.25, -0.2) is 4.39 Å². The number of rotatable bonds is 3. The molecule has 29 heavy (non-hydrogen) atoms. The first-order chi connectivity index (χ1) is 13.7. The second kappa shape index (κ2) is 7.04. The molecule has 3 fully saturated rings. The summed E-state index contributed by atoms with van der Waals surface area (Å²) >= 11 is 0. The molecule has 4 nitrogen and oxygen atoms in total. The second-order valence-corrected chi connectivity index (χ2v) is 9.95. The summed E-state index contributed by atoms with van der Waals surface area (Å²) < 4.78 is 21.3. The molecule has 4 rings (SSSR count). The van der Waals surface area contributed by atoms with Crippen LogP contribution in [0.2, 0.25) is 0 Å². The van der Waals surface area contributed by atoms with E-state index in [1.807, 2.05) is 13.0 Å². The van der Waals surface area contributed by atoms with E-state index in [1.165, 1.54) is 12.2 Å². The van der Waals surface area contributed by atoms with E-state index in [9.17, 15) is 14.7 Å². The lowest BCUT2D eigenvalue weighted by Gasteiger charge is -2.59. The predicted octanol–water partition coefficient (Wildman–Crippen LogP) is 4.17. The smallest absolute Gasteiger partial charge is 0.305 e. The Morgan fingerprint density at radius 2 is 2.07 bits per heavy atom. The molecule has 0 amide bonds. The van der Waals surface area contributed by atoms with Crippen LogP contribution in [0.3, 0.4) is 0 Å². The van der Waals surface area contributed by atoms with Crippen molar-refractivity contribution in [3.63, 3.8) is 0 Å². The Labute approximate surface area is 172 Å². The predicted molar refractivity (Wildman–Crippen MR) is 108 cm³/mol. The molecule has 4 aliphatic carbocycles. The maximum atomic E-state index is 15.4. The van der Waals surface area contributed by atoms with Gasteiger partial charge in [0.2, 0.25) is 0 Å². The molecule has 1 N–H and O–H groups in total. The number of carbonyl (C=O) groups excluding carboxylic acids is 2. The van der Waals surface area contributed by atoms with Gasteiger partial charge in [0.25, 0.3) is 0 Å². The minimum Gasteiger partial charge on any atom is -0.461 e. The van der Waals surface area contributed by atoms with Crippen molar-refractivity contribution in [3.05, 3.63) is 23.8 Å². The number of carbonyl (C=O) groups is 2. The zero-order chi connectivity index (χ0) is 21.1. The fourth-order valence-corrected chi connectivity index (χ4v) is 7.48. The van der Waals surface area contributed by atoms with E-state index in [0.29, 0.717) is 24.8 Å². The molecule has 0 unspecified atom stereocenters. The quantitative estimate of drug-likeness (QED) is 0.717. The van der Waals surface area contributed by atoms with E-state index in [2.05, 4.69) is 13.8 Å². The molecule has 0 saturated heterocycles. The molecule has 0 aromatic carbocycles. The molecular weight excluding hydrogens is 371 g/mol. The van der Waals surface area contributed by atoms with Gasteiger partial charge in [-0.15, -0.1) is 0 Å². The Balaban J connectivity index is 1.75. The fraction of sp³-hybridized carbons (Fsp3) is 0.750. The number of allylic oxidation sites excluding steroid dienone is 4. The highest BCUT2D eigenvalue weighted by Crippen LogP contribution is 2.67. The molecule has 4 aliphatic rings. The number of esters is 1. The highest BCUT2D eigenvalue weighted by atomic mass is 19.1. The van der Waals surface area contributed by atoms with Crippen molar-refractivity contribution in [2.75, 3.05) is 0 Å². The van der Waals surface area contributed by atoms with Gasteiger partial charge < -0.3 is 9.84 Å². The van der Waals surface area contributed by atoms with Gasteiger partial charge >= 0.3 is 5.97 Å². The Kier molecular flexibility index (Phi) is 5.04. The van der Waals surface area contributed by atoms with Gasteiger partial charge in [-0.05, 0) is 61.2 Å². The van der Waals surface area contributed by atoms with Crippen LogP contribution in [0.4, 0.5) is 4.39 Å². The SMILES string of the molecule is CCC(=O)O[C@@H]1[C@@H](C)C[C@H]2[C@@H]3C[C@H](F)C4=CC(=O)C=C[C@]4(C)[C@H]3[C@@H](O)C[C@]12CC. The van der Waals surface area contributed by atoms with Crippen LogP contribution in [-0.4, -0.2) is 35.2 Å². The minimum atomic E-state index is -1.18. The lowest BCUT2D eigenvalue weighted by molar-refractivity contribution is -0.176. The second-order valence-electron chi connectivity index (χ2n) is 9.95. The third-order valence-electron chi connectivity index (χ3n) is 8.66. The van der Waals surface area contributed by atoms with Crippen LogP contribution in [0, 0.1) is 34.5 Å². The lowest BCUT2D eigenvalue weighted by atomic mass is 9.46. The van der Waals surface area contributed by atoms with E-state index in [4.69, 9.17) is 4.74 Å². The molecule has 160 valence electrons. The minimum absolute atomic E-state index is 0.00137. The Hall–Kier alpha value is -1.49. The third-order valence-corrected chi connectivity index (χ3v) is 8.66. The lowest BCUT2D eigenvalue weighted by Crippen LogP contribution is -2.59. The number of halogens is 1. The van der Waals surface area contributed by atoms with Crippen molar-refractivity contribution in [2.45, 2.75) is 78.2 Å². The summed E-state index contributed by atoms with van der Waals surface area (Å²) in [7, 11) is 0. The summed E-state index contributed by atoms with van der Waals surface area (Å²) in [5, 5.41) is 11.4. The molecule has 0 radical (unpaired) electrons. The summed E-state index contributed by atoms with van der Waals surface area (Å²) in [6.07, 6.45) is 5.67. The Morgan fingerprint density at radius 1 is 1.34 bits per heavy atom. The van der Waals surface area contributed by atoms with Gasteiger partial charge in [-0.3, -0.25) is 9.59 Å². The number of ether oxygens (including phenoxy) is 1. The number of hydrogen-bond donors (Lipinski definition) is 1. The number of fused-ring (bicyclic) bond motifs is 5. The van der Waals surface area contributed by atoms with Crippen molar-refractivity contribution in [1.82, 2.24) is 0 Å². The summed E-state index contributed by atoms with van der Waals surface area (Å²) in [6.45, 7) is 7.99. The van der Waals surface area contributed by atoms with Gasteiger partial charge in [-0.1, -0.05) is 33.8 Å². The normalized spacial score (nSPS) is 48.4. The van der Waals surface area contributed by atoms with Crippen molar-refractivity contribution in [2.24, 2.45) is 34.5 Å². The molecule has 0 spiro atoms. The molecule has 9 atom stereocenters. The van der Waals surface area contributed by atoms with Crippen LogP contribution in [-0.2, 0) is 14.3 Å². The summed E-state index contributed by atoms with van der Waals surface area (Å²) in [6, 6.07) is 0. The monoisotopic (exact) mass is 404 g/mol. The van der Waals surface area contributed by atoms with Gasteiger partial charge in [0.05, 0.1) is 6.10 Å². The van der Waals surface area contributed by atoms with Gasteiger partial charge in [0.1, 0.15) is 12.3 Å². The standard InChI is InChI=1S/C24H33FO4/c1-5-20(28)29-22-13(3)9-16-15-11-18(25)17-10-14(26)7-8-23(17,4)21(15)19(27)12-24(16,22)6-2/h7-8,10,13,15-16,18-19,21-22,27H,5-6,9,11-12H2,1-4H3/t13-,15-,16-,18-,19-,21+,22+,23-,24-/m0/s1. The number of ketones is 1. The fourth-order valence-electron chi connectivity index (χ4n) is 7.48. The molecule has 0 heterocycles. The van der Waals surface area contributed by atoms with E-state index < -0.39 is 17.7 Å². The Bertz CT molecular complexity index is 773. The van der Waals surface area contributed by atoms with Crippen LogP contribution in [0.25, 0.3) is 0 Å². The van der Waals surface area contributed by atoms with Crippen LogP contribution in [0.15, 0.2) is 23.8 Å². The maximum absolute atomic E-state index is 15.4. The van der Waals surface area contributed by atoms with Gasteiger partial charge in [0, 0.05) is 23.2 Å². The molecule has 0 aliphatic heterocycles. The Morgan fingerprint density at radius 3 is 2.72 bits per heavy atom. The largest absolute Gasteiger partial charge is 0.461 e. The molecule has 3 saturated carbocycles. The van der Waals surface area contributed by atoms with Gasteiger partial charge in [-0.2, -0.15) is 0 Å². The van der Waals surface area contributed by atoms with Crippen LogP contribution in [0.1, 0.15) is 59.8 Å². The molecule has 5 heteroatoms. The average molecular weight is 405 g/mol. The average Bonchev–Trinajstić information content (AvgIpc) is 2.95. The van der Waals surface area contributed by atoms with Crippen molar-refractivity contribution in [1.29, 1.82) is 0 Å². The van der Waals surface area contributed by atoms with Crippen LogP contribution >= 0.6 is 0 Å². The molecule has 0 aromatic heterocycles. The topological polar surface area (TPSA) is 63.6 Å². The molecule has 0 aromatic rings.